The monoisotopic (exact) mass is 377 g/mol. The Morgan fingerprint density at radius 2 is 1.08 bits per heavy atom. The number of carbonyl (C=O) groups excluding carboxylic acids is 1. The van der Waals surface area contributed by atoms with E-state index in [0.717, 1.165) is 0 Å². The van der Waals surface area contributed by atoms with Crippen LogP contribution in [0.25, 0.3) is 0 Å². The number of hydrogen-bond acceptors (Lipinski definition) is 7. The van der Waals surface area contributed by atoms with Crippen LogP contribution in [0.2, 0.25) is 0 Å². The van der Waals surface area contributed by atoms with Gasteiger partial charge < -0.3 is 29.6 Å². The molecule has 0 aromatic heterocycles. The predicted molar refractivity (Wildman–Crippen MR) is 33.8 cm³/mol. The molecular weight excluding hydrogens is 376 g/mol. The summed E-state index contributed by atoms with van der Waals surface area (Å²) in [6.07, 6.45) is -2.33. The van der Waals surface area contributed by atoms with Gasteiger partial charge in [0.25, 0.3) is 0 Å². The average Bonchev–Trinajstić information content (AvgIpc) is 1.19. The van der Waals surface area contributed by atoms with Crippen LogP contribution in [-0.4, -0.2) is 128 Å². The van der Waals surface area contributed by atoms with E-state index in [4.69, 9.17) is 32.5 Å². The van der Waals surface area contributed by atoms with Gasteiger partial charge in [-0.2, -0.15) is 0 Å². The second-order valence-corrected chi connectivity index (χ2v) is 1.47. The molecule has 0 N–H and O–H groups in total. The smallest absolute Gasteiger partial charge is 2.00 e. The van der Waals surface area contributed by atoms with E-state index in [-0.39, 0.29) is 109 Å². The minimum Gasteiger partial charge on any atom is -2.00 e. The summed E-state index contributed by atoms with van der Waals surface area (Å²) in [5.74, 6) is 0. The van der Waals surface area contributed by atoms with Gasteiger partial charge in [-0.05, 0) is 6.16 Å². The van der Waals surface area contributed by atoms with Crippen LogP contribution in [0.5, 0.6) is 0 Å². The molecule has 13 heavy (non-hydrogen) atoms. The van der Waals surface area contributed by atoms with Crippen molar-refractivity contribution >= 4 is 121 Å². The Balaban J connectivity index is -0.0000000146. The van der Waals surface area contributed by atoms with E-state index in [9.17, 15) is 0 Å². The normalized spacial score (nSPS) is 6.31. The van der Waals surface area contributed by atoms with Crippen LogP contribution < -0.4 is 10.2 Å². The first-order chi connectivity index (χ1) is 3.73. The topological polar surface area (TPSA) is 172 Å². The van der Waals surface area contributed by atoms with Crippen molar-refractivity contribution in [1.82, 2.24) is 0 Å². The van der Waals surface area contributed by atoms with E-state index in [2.05, 4.69) is 0 Å². The van der Waals surface area contributed by atoms with Crippen molar-refractivity contribution in [3.05, 3.63) is 0 Å². The number of carboxylic acid groups (broad SMARTS) is 2. The SMILES string of the molecule is O=C([O-])[O-].O=S(=O)([O-])[O-].[Al+3].[Ba+2].[Ca+2].[O-2]. The zero-order chi connectivity index (χ0) is 8.08. The second kappa shape index (κ2) is 20.0. The molecule has 8 nitrogen and oxygen atoms in total. The maximum absolute atomic E-state index is 8.52. The predicted octanol–water partition coefficient (Wildman–Crippen LogP) is -5.05. The van der Waals surface area contributed by atoms with E-state index >= 15 is 0 Å². The number of rotatable bonds is 0. The first-order valence-electron chi connectivity index (χ1n) is 1.28. The molecule has 0 heterocycles. The summed E-state index contributed by atoms with van der Waals surface area (Å²) in [6.45, 7) is 0. The average molecular weight is 376 g/mol. The van der Waals surface area contributed by atoms with Gasteiger partial charge >= 0.3 is 104 Å². The third-order valence-electron chi connectivity index (χ3n) is 0. The zero-order valence-electron chi connectivity index (χ0n) is 6.17. The van der Waals surface area contributed by atoms with Crippen LogP contribution in [-0.2, 0) is 15.9 Å². The third kappa shape index (κ3) is 370. The molecular formula is CAlBaCaO8S+. The summed E-state index contributed by atoms with van der Waals surface area (Å²) < 4.78 is 34.1. The molecule has 0 saturated heterocycles. The Morgan fingerprint density at radius 1 is 1.08 bits per heavy atom. The van der Waals surface area contributed by atoms with Gasteiger partial charge in [0.15, 0.2) is 0 Å². The van der Waals surface area contributed by atoms with Crippen molar-refractivity contribution in [2.75, 3.05) is 0 Å². The van der Waals surface area contributed by atoms with Gasteiger partial charge in [0.05, 0.1) is 0 Å². The summed E-state index contributed by atoms with van der Waals surface area (Å²) in [5, 5.41) is 16.7. The standard InChI is InChI=1S/CH2O3.Al.Ba.Ca.H2O4S.O/c2-1(3)4;;;;1-5(2,3)4;/h(H2,2,3,4);;;;(H2,1,2,3,4);/q;+3;2*+2;;-2/p-4. The fourth-order valence-electron chi connectivity index (χ4n) is 0. The fourth-order valence-corrected chi connectivity index (χ4v) is 0. The van der Waals surface area contributed by atoms with Gasteiger partial charge in [-0.15, -0.1) is 0 Å². The van der Waals surface area contributed by atoms with Gasteiger partial charge in [0.1, 0.15) is 0 Å². The summed E-state index contributed by atoms with van der Waals surface area (Å²) in [4.78, 5) is 8.33. The zero-order valence-corrected chi connectivity index (χ0v) is 14.8. The minimum absolute atomic E-state index is 0. The molecule has 0 atom stereocenters. The third-order valence-corrected chi connectivity index (χ3v) is 0. The van der Waals surface area contributed by atoms with Crippen LogP contribution in [0.4, 0.5) is 4.79 Å². The molecule has 0 aromatic rings. The van der Waals surface area contributed by atoms with Gasteiger partial charge in [0, 0.05) is 10.4 Å². The summed E-state index contributed by atoms with van der Waals surface area (Å²) >= 11 is 0. The number of hydrogen-bond donors (Lipinski definition) is 0. The van der Waals surface area contributed by atoms with Gasteiger partial charge in [-0.3, -0.25) is 8.42 Å². The molecule has 0 amide bonds. The summed E-state index contributed by atoms with van der Waals surface area (Å²) in [6, 6.07) is 0. The van der Waals surface area contributed by atoms with E-state index in [1.807, 2.05) is 0 Å². The first kappa shape index (κ1) is 36.1. The van der Waals surface area contributed by atoms with Gasteiger partial charge in [-0.25, -0.2) is 0 Å². The molecule has 0 radical (unpaired) electrons. The molecule has 0 aliphatic heterocycles. The molecule has 0 bridgehead atoms. The largest absolute Gasteiger partial charge is 3.00 e. The van der Waals surface area contributed by atoms with Crippen LogP contribution >= 0.6 is 0 Å². The Kier molecular flexibility index (Phi) is 55.4. The Hall–Kier alpha value is 2.46. The van der Waals surface area contributed by atoms with E-state index in [1.54, 1.807) is 0 Å². The van der Waals surface area contributed by atoms with E-state index in [1.165, 1.54) is 0 Å². The Morgan fingerprint density at radius 3 is 1.08 bits per heavy atom. The Bertz CT molecular complexity index is 167. The quantitative estimate of drug-likeness (QED) is 0.231. The van der Waals surface area contributed by atoms with E-state index < -0.39 is 16.6 Å². The molecule has 0 saturated carbocycles. The molecule has 0 spiro atoms. The molecule has 0 aliphatic carbocycles. The maximum Gasteiger partial charge on any atom is 3.00 e. The van der Waals surface area contributed by atoms with Gasteiger partial charge in [0.2, 0.25) is 0 Å². The van der Waals surface area contributed by atoms with Crippen molar-refractivity contribution in [2.24, 2.45) is 0 Å². The maximum atomic E-state index is 8.52. The molecule has 0 aromatic carbocycles. The van der Waals surface area contributed by atoms with Crippen LogP contribution in [0.15, 0.2) is 0 Å². The molecule has 64 valence electrons. The van der Waals surface area contributed by atoms with Crippen molar-refractivity contribution in [2.45, 2.75) is 0 Å². The molecule has 0 aliphatic rings. The Labute approximate surface area is 155 Å². The fraction of sp³-hybridized carbons (Fsp3) is 0. The van der Waals surface area contributed by atoms with Crippen LogP contribution in [0.1, 0.15) is 0 Å². The van der Waals surface area contributed by atoms with Gasteiger partial charge in [-0.1, -0.05) is 0 Å². The van der Waals surface area contributed by atoms with Crippen LogP contribution in [0.3, 0.4) is 0 Å². The number of carbonyl (C=O) groups is 1. The molecule has 0 fully saturated rings. The summed E-state index contributed by atoms with van der Waals surface area (Å²) in [5.41, 5.74) is 0. The van der Waals surface area contributed by atoms with Crippen molar-refractivity contribution in [1.29, 1.82) is 0 Å². The van der Waals surface area contributed by atoms with Crippen molar-refractivity contribution in [3.63, 3.8) is 0 Å². The molecule has 0 rings (SSSR count). The molecule has 12 heteroatoms. The van der Waals surface area contributed by atoms with Crippen molar-refractivity contribution < 1.29 is 38.0 Å². The second-order valence-electron chi connectivity index (χ2n) is 0.658. The molecule has 0 unspecified atom stereocenters. The summed E-state index contributed by atoms with van der Waals surface area (Å²) in [7, 11) is -5.17. The minimum atomic E-state index is -5.17. The first-order valence-corrected chi connectivity index (χ1v) is 2.61. The van der Waals surface area contributed by atoms with Crippen molar-refractivity contribution in [3.8, 4) is 0 Å². The van der Waals surface area contributed by atoms with E-state index in [0.29, 0.717) is 0 Å². The van der Waals surface area contributed by atoms with Crippen LogP contribution in [0, 0.1) is 0 Å².